The van der Waals surface area contributed by atoms with Crippen molar-refractivity contribution in [3.05, 3.63) is 76.6 Å². The van der Waals surface area contributed by atoms with Crippen LogP contribution in [0.4, 0.5) is 5.69 Å². The fourth-order valence-corrected chi connectivity index (χ4v) is 3.18. The molecule has 1 N–H and O–H groups in total. The van der Waals surface area contributed by atoms with Crippen LogP contribution in [0.2, 0.25) is 0 Å². The second-order valence-corrected chi connectivity index (χ2v) is 6.78. The molecule has 0 spiro atoms. The summed E-state index contributed by atoms with van der Waals surface area (Å²) in [6, 6.07) is 16.1. The first kappa shape index (κ1) is 17.4. The summed E-state index contributed by atoms with van der Waals surface area (Å²) in [6.45, 7) is 5.01. The van der Waals surface area contributed by atoms with Gasteiger partial charge in [0.2, 0.25) is 0 Å². The van der Waals surface area contributed by atoms with Crippen molar-refractivity contribution in [2.45, 2.75) is 39.5 Å². The van der Waals surface area contributed by atoms with E-state index in [1.807, 2.05) is 24.3 Å². The molecule has 0 aliphatic carbocycles. The summed E-state index contributed by atoms with van der Waals surface area (Å²) in [6.07, 6.45) is 0.879. The molecule has 4 rings (SSSR count). The Morgan fingerprint density at radius 2 is 1.93 bits per heavy atom. The molecule has 1 amide bonds. The van der Waals surface area contributed by atoms with E-state index in [0.717, 1.165) is 17.7 Å². The van der Waals surface area contributed by atoms with Gasteiger partial charge in [0.05, 0.1) is 18.8 Å². The van der Waals surface area contributed by atoms with Crippen LogP contribution >= 0.6 is 0 Å². The second kappa shape index (κ2) is 7.32. The maximum absolute atomic E-state index is 12.6. The van der Waals surface area contributed by atoms with Crippen LogP contribution in [-0.4, -0.2) is 20.9 Å². The molecule has 0 saturated carbocycles. The van der Waals surface area contributed by atoms with E-state index in [-0.39, 0.29) is 12.0 Å². The number of nitrogens with one attached hydrogen (secondary N) is 1. The Hall–Kier alpha value is -2.99. The Morgan fingerprint density at radius 1 is 1.19 bits per heavy atom. The lowest BCUT2D eigenvalue weighted by Gasteiger charge is -2.24. The van der Waals surface area contributed by atoms with Crippen LogP contribution in [0.25, 0.3) is 0 Å². The Labute approximate surface area is 158 Å². The zero-order valence-electron chi connectivity index (χ0n) is 15.5. The van der Waals surface area contributed by atoms with Crippen LogP contribution in [0.15, 0.2) is 48.5 Å². The van der Waals surface area contributed by atoms with Gasteiger partial charge in [-0.15, -0.1) is 5.10 Å². The number of ether oxygens (including phenoxy) is 1. The molecule has 138 valence electrons. The minimum Gasteiger partial charge on any atom is -0.365 e. The highest BCUT2D eigenvalue weighted by atomic mass is 16.5. The SMILES string of the molecule is CCc1ccc(NC(=O)c2nnn3c2CO[C@@H](c2ccc(C)cc2)C3)cc1. The summed E-state index contributed by atoms with van der Waals surface area (Å²) in [5.41, 5.74) is 5.31. The van der Waals surface area contributed by atoms with E-state index in [1.165, 1.54) is 11.1 Å². The molecule has 3 aromatic rings. The topological polar surface area (TPSA) is 69.0 Å². The Morgan fingerprint density at radius 3 is 2.63 bits per heavy atom. The van der Waals surface area contributed by atoms with Crippen molar-refractivity contribution in [2.75, 3.05) is 5.32 Å². The third-order valence-electron chi connectivity index (χ3n) is 4.88. The van der Waals surface area contributed by atoms with Crippen molar-refractivity contribution in [3.63, 3.8) is 0 Å². The lowest BCUT2D eigenvalue weighted by Crippen LogP contribution is -2.24. The van der Waals surface area contributed by atoms with E-state index >= 15 is 0 Å². The Bertz CT molecular complexity index is 945. The zero-order valence-corrected chi connectivity index (χ0v) is 15.5. The molecule has 0 radical (unpaired) electrons. The number of nitrogens with zero attached hydrogens (tertiary/aromatic N) is 3. The summed E-state index contributed by atoms with van der Waals surface area (Å²) >= 11 is 0. The average molecular weight is 362 g/mol. The van der Waals surface area contributed by atoms with Crippen molar-refractivity contribution in [1.82, 2.24) is 15.0 Å². The molecule has 1 aliphatic rings. The van der Waals surface area contributed by atoms with Crippen LogP contribution in [0.1, 0.15) is 45.9 Å². The quantitative estimate of drug-likeness (QED) is 0.769. The molecule has 0 saturated heterocycles. The predicted octanol–water partition coefficient (Wildman–Crippen LogP) is 3.67. The van der Waals surface area contributed by atoms with E-state index in [4.69, 9.17) is 4.74 Å². The molecule has 0 unspecified atom stereocenters. The van der Waals surface area contributed by atoms with Crippen molar-refractivity contribution >= 4 is 11.6 Å². The van der Waals surface area contributed by atoms with Crippen LogP contribution in [-0.2, 0) is 24.3 Å². The van der Waals surface area contributed by atoms with Gasteiger partial charge in [-0.25, -0.2) is 4.68 Å². The number of hydrogen-bond donors (Lipinski definition) is 1. The van der Waals surface area contributed by atoms with Gasteiger partial charge in [0, 0.05) is 5.69 Å². The number of carbonyl (C=O) groups excluding carboxylic acids is 1. The molecule has 0 bridgehead atoms. The number of carbonyl (C=O) groups is 1. The maximum atomic E-state index is 12.6. The summed E-state index contributed by atoms with van der Waals surface area (Å²) in [4.78, 5) is 12.6. The molecule has 1 atom stereocenters. The highest BCUT2D eigenvalue weighted by Crippen LogP contribution is 2.27. The molecular weight excluding hydrogens is 340 g/mol. The normalized spacial score (nSPS) is 16.0. The number of benzene rings is 2. The number of anilines is 1. The van der Waals surface area contributed by atoms with Gasteiger partial charge in [-0.05, 0) is 36.6 Å². The van der Waals surface area contributed by atoms with Gasteiger partial charge in [-0.1, -0.05) is 54.1 Å². The lowest BCUT2D eigenvalue weighted by molar-refractivity contribution is -0.00171. The number of amides is 1. The summed E-state index contributed by atoms with van der Waals surface area (Å²) in [5, 5.41) is 11.1. The van der Waals surface area contributed by atoms with Gasteiger partial charge in [-0.2, -0.15) is 0 Å². The second-order valence-electron chi connectivity index (χ2n) is 6.78. The van der Waals surface area contributed by atoms with Crippen LogP contribution in [0.3, 0.4) is 0 Å². The first-order valence-corrected chi connectivity index (χ1v) is 9.15. The van der Waals surface area contributed by atoms with E-state index < -0.39 is 0 Å². The van der Waals surface area contributed by atoms with Crippen LogP contribution in [0, 0.1) is 6.92 Å². The highest BCUT2D eigenvalue weighted by molar-refractivity contribution is 6.03. The molecule has 2 heterocycles. The number of aromatic nitrogens is 3. The van der Waals surface area contributed by atoms with E-state index in [2.05, 4.69) is 53.7 Å². The van der Waals surface area contributed by atoms with Crippen molar-refractivity contribution < 1.29 is 9.53 Å². The van der Waals surface area contributed by atoms with Crippen LogP contribution in [0.5, 0.6) is 0 Å². The zero-order chi connectivity index (χ0) is 18.8. The lowest BCUT2D eigenvalue weighted by atomic mass is 10.1. The highest BCUT2D eigenvalue weighted by Gasteiger charge is 2.27. The number of rotatable bonds is 4. The summed E-state index contributed by atoms with van der Waals surface area (Å²) < 4.78 is 7.75. The number of fused-ring (bicyclic) bond motifs is 1. The van der Waals surface area contributed by atoms with Crippen molar-refractivity contribution in [2.24, 2.45) is 0 Å². The van der Waals surface area contributed by atoms with Gasteiger partial charge in [-0.3, -0.25) is 4.79 Å². The van der Waals surface area contributed by atoms with Gasteiger partial charge in [0.25, 0.3) is 5.91 Å². The molecule has 1 aromatic heterocycles. The third-order valence-corrected chi connectivity index (χ3v) is 4.88. The average Bonchev–Trinajstić information content (AvgIpc) is 3.12. The Kier molecular flexibility index (Phi) is 4.73. The molecule has 1 aliphatic heterocycles. The maximum Gasteiger partial charge on any atom is 0.278 e. The fourth-order valence-electron chi connectivity index (χ4n) is 3.18. The fraction of sp³-hybridized carbons (Fsp3) is 0.286. The van der Waals surface area contributed by atoms with E-state index in [1.54, 1.807) is 4.68 Å². The summed E-state index contributed by atoms with van der Waals surface area (Å²) in [5.74, 6) is -0.266. The van der Waals surface area contributed by atoms with E-state index in [9.17, 15) is 4.79 Å². The molecule has 2 aromatic carbocycles. The minimum atomic E-state index is -0.266. The monoisotopic (exact) mass is 362 g/mol. The molecule has 6 heteroatoms. The Balaban J connectivity index is 1.48. The van der Waals surface area contributed by atoms with Crippen LogP contribution < -0.4 is 5.32 Å². The van der Waals surface area contributed by atoms with Gasteiger partial charge < -0.3 is 10.1 Å². The number of aryl methyl sites for hydroxylation is 2. The smallest absolute Gasteiger partial charge is 0.278 e. The largest absolute Gasteiger partial charge is 0.365 e. The standard InChI is InChI=1S/C21H22N4O2/c1-3-15-6-10-17(11-7-15)22-21(26)20-18-13-27-19(12-25(18)24-23-20)16-8-4-14(2)5-9-16/h4-11,19H,3,12-13H2,1-2H3,(H,22,26)/t19-/m1/s1. The molecule has 0 fully saturated rings. The first-order valence-electron chi connectivity index (χ1n) is 9.15. The number of hydrogen-bond acceptors (Lipinski definition) is 4. The van der Waals surface area contributed by atoms with Gasteiger partial charge in [0.15, 0.2) is 5.69 Å². The molecule has 27 heavy (non-hydrogen) atoms. The van der Waals surface area contributed by atoms with Crippen molar-refractivity contribution in [1.29, 1.82) is 0 Å². The minimum absolute atomic E-state index is 0.0858. The van der Waals surface area contributed by atoms with Crippen molar-refractivity contribution in [3.8, 4) is 0 Å². The molecular formula is C21H22N4O2. The predicted molar refractivity (Wildman–Crippen MR) is 103 cm³/mol. The first-order chi connectivity index (χ1) is 13.1. The van der Waals surface area contributed by atoms with E-state index in [0.29, 0.717) is 24.5 Å². The van der Waals surface area contributed by atoms with Gasteiger partial charge in [0.1, 0.15) is 6.10 Å². The third kappa shape index (κ3) is 3.61. The summed E-state index contributed by atoms with van der Waals surface area (Å²) in [7, 11) is 0. The molecule has 6 nitrogen and oxygen atoms in total. The van der Waals surface area contributed by atoms with Gasteiger partial charge >= 0.3 is 0 Å².